The van der Waals surface area contributed by atoms with E-state index in [2.05, 4.69) is 33.8 Å². The van der Waals surface area contributed by atoms with Gasteiger partial charge in [0.15, 0.2) is 5.13 Å². The summed E-state index contributed by atoms with van der Waals surface area (Å²) < 4.78 is 5.32. The third kappa shape index (κ3) is 6.51. The van der Waals surface area contributed by atoms with Crippen molar-refractivity contribution in [3.8, 4) is 17.0 Å². The van der Waals surface area contributed by atoms with Gasteiger partial charge in [-0.3, -0.25) is 9.69 Å². The van der Waals surface area contributed by atoms with Gasteiger partial charge < -0.3 is 15.4 Å². The average molecular weight is 627 g/mol. The predicted octanol–water partition coefficient (Wildman–Crippen LogP) is 8.34. The summed E-state index contributed by atoms with van der Waals surface area (Å²) in [5.41, 5.74) is 3.28. The zero-order valence-corrected chi connectivity index (χ0v) is 26.0. The molecular weight excluding hydrogens is 597 g/mol. The molecule has 1 aromatic heterocycles. The summed E-state index contributed by atoms with van der Waals surface area (Å²) >= 11 is 4.63. The highest BCUT2D eigenvalue weighted by Gasteiger charge is 2.36. The number of allylic oxidation sites excluding steroid dienone is 2. The Morgan fingerprint density at radius 3 is 2.72 bits per heavy atom. The Hall–Kier alpha value is -3.99. The number of benzene rings is 3. The lowest BCUT2D eigenvalue weighted by atomic mass is 10.1. The first-order valence-corrected chi connectivity index (χ1v) is 16.5. The van der Waals surface area contributed by atoms with Crippen molar-refractivity contribution < 1.29 is 14.3 Å². The number of para-hydroxylation sites is 1. The molecule has 0 saturated carbocycles. The first kappa shape index (κ1) is 29.1. The van der Waals surface area contributed by atoms with E-state index in [-0.39, 0.29) is 28.5 Å². The molecule has 3 unspecified atom stereocenters. The van der Waals surface area contributed by atoms with E-state index in [0.29, 0.717) is 17.2 Å². The van der Waals surface area contributed by atoms with Crippen molar-refractivity contribution in [1.29, 1.82) is 0 Å². The molecule has 43 heavy (non-hydrogen) atoms. The van der Waals surface area contributed by atoms with Crippen molar-refractivity contribution in [3.05, 3.63) is 102 Å². The molecule has 0 spiro atoms. The SMILES string of the molecule is CCC(Sc1cccc(NC(=O)N2c3ccccc3SC3C=CC=CC32)c1)C(=O)Nc1nc(-c2cccc(OC)c2)cs1. The highest BCUT2D eigenvalue weighted by molar-refractivity contribution is 8.00. The van der Waals surface area contributed by atoms with Crippen LogP contribution >= 0.6 is 34.9 Å². The molecule has 2 aliphatic rings. The molecular formula is C33H30N4O3S3. The van der Waals surface area contributed by atoms with E-state index in [1.807, 2.05) is 96.1 Å². The molecule has 0 bridgehead atoms. The zero-order chi connectivity index (χ0) is 29.8. The van der Waals surface area contributed by atoms with Crippen molar-refractivity contribution in [3.63, 3.8) is 0 Å². The van der Waals surface area contributed by atoms with Crippen LogP contribution in [-0.4, -0.2) is 40.6 Å². The van der Waals surface area contributed by atoms with E-state index in [1.165, 1.54) is 23.1 Å². The van der Waals surface area contributed by atoms with Gasteiger partial charge in [-0.1, -0.05) is 61.6 Å². The lowest BCUT2D eigenvalue weighted by Crippen LogP contribution is -2.49. The number of rotatable bonds is 8. The predicted molar refractivity (Wildman–Crippen MR) is 179 cm³/mol. The maximum Gasteiger partial charge on any atom is 0.326 e. The first-order chi connectivity index (χ1) is 21.0. The molecule has 2 heterocycles. The van der Waals surface area contributed by atoms with E-state index in [9.17, 15) is 9.59 Å². The number of nitrogens with zero attached hydrogens (tertiary/aromatic N) is 2. The third-order valence-electron chi connectivity index (χ3n) is 7.09. The Bertz CT molecular complexity index is 1700. The Morgan fingerprint density at radius 1 is 1.02 bits per heavy atom. The van der Waals surface area contributed by atoms with E-state index in [4.69, 9.17) is 4.74 Å². The number of thioether (sulfide) groups is 2. The Labute approximate surface area is 263 Å². The molecule has 0 saturated heterocycles. The maximum atomic E-state index is 13.7. The van der Waals surface area contributed by atoms with Crippen LogP contribution in [0, 0.1) is 0 Å². The fourth-order valence-corrected chi connectivity index (χ4v) is 7.97. The number of fused-ring (bicyclic) bond motifs is 2. The van der Waals surface area contributed by atoms with Gasteiger partial charge in [0.05, 0.1) is 35.0 Å². The topological polar surface area (TPSA) is 83.6 Å². The molecule has 10 heteroatoms. The Balaban J connectivity index is 1.13. The molecule has 4 aromatic rings. The second kappa shape index (κ2) is 13.1. The minimum Gasteiger partial charge on any atom is -0.497 e. The van der Waals surface area contributed by atoms with Gasteiger partial charge in [0.2, 0.25) is 5.91 Å². The summed E-state index contributed by atoms with van der Waals surface area (Å²) in [6.45, 7) is 1.99. The van der Waals surface area contributed by atoms with Crippen LogP contribution in [0.15, 0.2) is 112 Å². The van der Waals surface area contributed by atoms with Crippen molar-refractivity contribution in [1.82, 2.24) is 4.98 Å². The molecule has 3 atom stereocenters. The third-order valence-corrected chi connectivity index (χ3v) is 10.5. The second-order valence-corrected chi connectivity index (χ2v) is 13.3. The minimum absolute atomic E-state index is 0.0778. The standard InChI is InChI=1S/C33H30N4O3S3/c1-3-28(31(38)36-32-35-25(20-41-32)21-10-8-12-23(18-21)40-2)42-24-13-9-11-22(19-24)34-33(39)37-26-14-4-6-16-29(26)43-30-17-7-5-15-27(30)37/h4-20,26,28-29H,3H2,1-2H3,(H,34,39)(H,35,36,38). The molecule has 6 rings (SSSR count). The second-order valence-electron chi connectivity index (χ2n) is 9.91. The number of carbonyl (C=O) groups is 2. The van der Waals surface area contributed by atoms with E-state index in [0.717, 1.165) is 32.5 Å². The highest BCUT2D eigenvalue weighted by atomic mass is 32.2. The van der Waals surface area contributed by atoms with Crippen molar-refractivity contribution in [2.45, 2.75) is 39.7 Å². The van der Waals surface area contributed by atoms with Gasteiger partial charge in [-0.25, -0.2) is 9.78 Å². The van der Waals surface area contributed by atoms with Crippen LogP contribution in [-0.2, 0) is 4.79 Å². The number of ether oxygens (including phenoxy) is 1. The van der Waals surface area contributed by atoms with Gasteiger partial charge in [0, 0.05) is 26.4 Å². The maximum absolute atomic E-state index is 13.7. The van der Waals surface area contributed by atoms with Crippen molar-refractivity contribution in [2.75, 3.05) is 22.6 Å². The summed E-state index contributed by atoms with van der Waals surface area (Å²) in [6.07, 6.45) is 8.88. The number of urea groups is 1. The fraction of sp³-hybridized carbons (Fsp3) is 0.182. The molecule has 7 nitrogen and oxygen atoms in total. The van der Waals surface area contributed by atoms with E-state index < -0.39 is 0 Å². The number of hydrogen-bond donors (Lipinski definition) is 2. The minimum atomic E-state index is -0.332. The highest BCUT2D eigenvalue weighted by Crippen LogP contribution is 2.43. The summed E-state index contributed by atoms with van der Waals surface area (Å²) in [6, 6.07) is 23.1. The summed E-state index contributed by atoms with van der Waals surface area (Å²) in [4.78, 5) is 35.4. The van der Waals surface area contributed by atoms with Crippen LogP contribution in [0.5, 0.6) is 5.75 Å². The zero-order valence-electron chi connectivity index (χ0n) is 23.6. The molecule has 1 aliphatic heterocycles. The van der Waals surface area contributed by atoms with Crippen LogP contribution < -0.4 is 20.3 Å². The largest absolute Gasteiger partial charge is 0.497 e. The lowest BCUT2D eigenvalue weighted by Gasteiger charge is -2.40. The summed E-state index contributed by atoms with van der Waals surface area (Å²) in [5, 5.41) is 8.38. The quantitative estimate of drug-likeness (QED) is 0.191. The molecule has 1 aliphatic carbocycles. The normalized spacial score (nSPS) is 17.5. The van der Waals surface area contributed by atoms with Crippen LogP contribution in [0.4, 0.5) is 21.3 Å². The molecule has 3 aromatic carbocycles. The number of anilines is 3. The number of aromatic nitrogens is 1. The monoisotopic (exact) mass is 626 g/mol. The number of hydrogen-bond acceptors (Lipinski definition) is 7. The number of amides is 3. The number of nitrogens with one attached hydrogen (secondary N) is 2. The number of methoxy groups -OCH3 is 1. The van der Waals surface area contributed by atoms with E-state index in [1.54, 1.807) is 18.9 Å². The number of thiazole rings is 1. The van der Waals surface area contributed by atoms with Crippen LogP contribution in [0.1, 0.15) is 13.3 Å². The average Bonchev–Trinajstić information content (AvgIpc) is 3.51. The van der Waals surface area contributed by atoms with Crippen molar-refractivity contribution in [2.24, 2.45) is 0 Å². The van der Waals surface area contributed by atoms with Crippen LogP contribution in [0.3, 0.4) is 0 Å². The summed E-state index contributed by atoms with van der Waals surface area (Å²) in [5.74, 6) is 0.642. The van der Waals surface area contributed by atoms with Crippen LogP contribution in [0.25, 0.3) is 11.3 Å². The van der Waals surface area contributed by atoms with Gasteiger partial charge in [-0.15, -0.1) is 34.9 Å². The molecule has 3 amide bonds. The molecule has 0 radical (unpaired) electrons. The molecule has 218 valence electrons. The molecule has 2 N–H and O–H groups in total. The number of carbonyl (C=O) groups excluding carboxylic acids is 2. The van der Waals surface area contributed by atoms with Gasteiger partial charge in [0.25, 0.3) is 0 Å². The van der Waals surface area contributed by atoms with Gasteiger partial charge in [-0.05, 0) is 48.9 Å². The first-order valence-electron chi connectivity index (χ1n) is 13.9. The molecule has 0 fully saturated rings. The van der Waals surface area contributed by atoms with Gasteiger partial charge in [-0.2, -0.15) is 0 Å². The smallest absolute Gasteiger partial charge is 0.326 e. The lowest BCUT2D eigenvalue weighted by molar-refractivity contribution is -0.115. The fourth-order valence-electron chi connectivity index (χ4n) is 4.97. The van der Waals surface area contributed by atoms with Crippen LogP contribution in [0.2, 0.25) is 0 Å². The Morgan fingerprint density at radius 2 is 1.86 bits per heavy atom. The Kier molecular flexibility index (Phi) is 8.87. The van der Waals surface area contributed by atoms with E-state index >= 15 is 0 Å². The van der Waals surface area contributed by atoms with Crippen molar-refractivity contribution >= 4 is 63.3 Å². The van der Waals surface area contributed by atoms with Gasteiger partial charge >= 0.3 is 6.03 Å². The van der Waals surface area contributed by atoms with Gasteiger partial charge in [0.1, 0.15) is 5.75 Å². The summed E-state index contributed by atoms with van der Waals surface area (Å²) in [7, 11) is 1.63.